The molecule has 0 unspecified atom stereocenters. The summed E-state index contributed by atoms with van der Waals surface area (Å²) in [5, 5.41) is 3.15. The molecule has 5 heteroatoms. The van der Waals surface area contributed by atoms with Gasteiger partial charge >= 0.3 is 0 Å². The Hall–Kier alpha value is -2.04. The summed E-state index contributed by atoms with van der Waals surface area (Å²) in [6.07, 6.45) is 3.81. The van der Waals surface area contributed by atoms with E-state index in [1.807, 2.05) is 0 Å². The van der Waals surface area contributed by atoms with Gasteiger partial charge in [-0.25, -0.2) is 18.7 Å². The van der Waals surface area contributed by atoms with Crippen LogP contribution in [-0.4, -0.2) is 16.0 Å². The van der Waals surface area contributed by atoms with Crippen molar-refractivity contribution in [2.75, 3.05) is 5.32 Å². The van der Waals surface area contributed by atoms with Crippen LogP contribution in [0.4, 0.5) is 14.7 Å². The highest BCUT2D eigenvalue weighted by Gasteiger charge is 2.21. The predicted octanol–water partition coefficient (Wildman–Crippen LogP) is 3.00. The third kappa shape index (κ3) is 2.45. The van der Waals surface area contributed by atoms with Gasteiger partial charge in [0, 0.05) is 23.9 Å². The van der Waals surface area contributed by atoms with Crippen LogP contribution in [0.3, 0.4) is 0 Å². The van der Waals surface area contributed by atoms with Gasteiger partial charge < -0.3 is 5.32 Å². The van der Waals surface area contributed by atoms with Crippen LogP contribution in [0.5, 0.6) is 0 Å². The number of hydrogen-bond donors (Lipinski definition) is 1. The van der Waals surface area contributed by atoms with Crippen LogP contribution in [-0.2, 0) is 0 Å². The lowest BCUT2D eigenvalue weighted by Crippen LogP contribution is -2.05. The van der Waals surface area contributed by atoms with E-state index in [2.05, 4.69) is 15.3 Å². The van der Waals surface area contributed by atoms with E-state index in [0.29, 0.717) is 23.2 Å². The maximum Gasteiger partial charge on any atom is 0.223 e. The van der Waals surface area contributed by atoms with Gasteiger partial charge in [-0.3, -0.25) is 0 Å². The maximum absolute atomic E-state index is 13.1. The third-order valence-corrected chi connectivity index (χ3v) is 2.72. The highest BCUT2D eigenvalue weighted by Crippen LogP contribution is 2.24. The highest BCUT2D eigenvalue weighted by atomic mass is 19.1. The Kier molecular flexibility index (Phi) is 2.66. The fourth-order valence-electron chi connectivity index (χ4n) is 1.70. The molecule has 0 radical (unpaired) electrons. The first-order valence-electron chi connectivity index (χ1n) is 5.77. The summed E-state index contributed by atoms with van der Waals surface area (Å²) in [5.41, 5.74) is 0.917. The summed E-state index contributed by atoms with van der Waals surface area (Å²) >= 11 is 0. The fraction of sp³-hybridized carbons (Fsp3) is 0.231. The topological polar surface area (TPSA) is 37.8 Å². The normalized spacial score (nSPS) is 14.6. The van der Waals surface area contributed by atoms with Crippen molar-refractivity contribution in [3.05, 3.63) is 42.1 Å². The zero-order valence-electron chi connectivity index (χ0n) is 9.53. The van der Waals surface area contributed by atoms with E-state index < -0.39 is 11.6 Å². The van der Waals surface area contributed by atoms with Gasteiger partial charge in [-0.1, -0.05) is 0 Å². The molecule has 3 nitrogen and oxygen atoms in total. The number of benzene rings is 1. The number of nitrogens with one attached hydrogen (secondary N) is 1. The zero-order valence-corrected chi connectivity index (χ0v) is 9.53. The number of halogens is 2. The summed E-state index contributed by atoms with van der Waals surface area (Å²) in [6.45, 7) is 0. The molecule has 1 N–H and O–H groups in total. The third-order valence-electron chi connectivity index (χ3n) is 2.72. The van der Waals surface area contributed by atoms with Crippen LogP contribution >= 0.6 is 0 Å². The van der Waals surface area contributed by atoms with Gasteiger partial charge in [-0.05, 0) is 31.0 Å². The molecule has 1 saturated carbocycles. The molecule has 1 heterocycles. The van der Waals surface area contributed by atoms with Crippen molar-refractivity contribution < 1.29 is 8.78 Å². The first kappa shape index (κ1) is 11.1. The molecule has 18 heavy (non-hydrogen) atoms. The molecule has 1 aromatic heterocycles. The van der Waals surface area contributed by atoms with E-state index in [1.165, 1.54) is 12.1 Å². The van der Waals surface area contributed by atoms with E-state index in [4.69, 9.17) is 0 Å². The van der Waals surface area contributed by atoms with Crippen molar-refractivity contribution in [1.29, 1.82) is 0 Å². The molecule has 1 aromatic carbocycles. The monoisotopic (exact) mass is 247 g/mol. The summed E-state index contributed by atoms with van der Waals surface area (Å²) < 4.78 is 26.3. The lowest BCUT2D eigenvalue weighted by molar-refractivity contribution is 0.584. The van der Waals surface area contributed by atoms with Crippen LogP contribution in [0.1, 0.15) is 12.8 Å². The second kappa shape index (κ2) is 4.33. The standard InChI is InChI=1S/C13H11F2N3/c14-9-5-8(6-10(15)7-9)12-3-4-16-13(18-12)17-11-1-2-11/h3-7,11H,1-2H2,(H,16,17,18). The van der Waals surface area contributed by atoms with Crippen LogP contribution in [0.25, 0.3) is 11.3 Å². The largest absolute Gasteiger partial charge is 0.351 e. The van der Waals surface area contributed by atoms with Gasteiger partial charge in [-0.2, -0.15) is 0 Å². The average Bonchev–Trinajstić information content (AvgIpc) is 3.12. The Bertz CT molecular complexity index is 562. The minimum atomic E-state index is -0.611. The Morgan fingerprint density at radius 2 is 1.83 bits per heavy atom. The zero-order chi connectivity index (χ0) is 12.5. The van der Waals surface area contributed by atoms with Crippen LogP contribution < -0.4 is 5.32 Å². The molecule has 1 aliphatic carbocycles. The first-order chi connectivity index (χ1) is 8.70. The molecule has 92 valence electrons. The molecule has 0 aliphatic heterocycles. The van der Waals surface area contributed by atoms with Crippen molar-refractivity contribution >= 4 is 5.95 Å². The molecule has 0 spiro atoms. The van der Waals surface area contributed by atoms with Gasteiger partial charge in [0.15, 0.2) is 0 Å². The lowest BCUT2D eigenvalue weighted by atomic mass is 10.1. The van der Waals surface area contributed by atoms with Crippen LogP contribution in [0.2, 0.25) is 0 Å². The maximum atomic E-state index is 13.1. The van der Waals surface area contributed by atoms with E-state index in [1.54, 1.807) is 12.3 Å². The lowest BCUT2D eigenvalue weighted by Gasteiger charge is -2.05. The van der Waals surface area contributed by atoms with Crippen molar-refractivity contribution in [3.63, 3.8) is 0 Å². The van der Waals surface area contributed by atoms with Gasteiger partial charge in [0.1, 0.15) is 11.6 Å². The number of anilines is 1. The summed E-state index contributed by atoms with van der Waals surface area (Å²) in [6, 6.07) is 5.42. The molecule has 3 rings (SSSR count). The SMILES string of the molecule is Fc1cc(F)cc(-c2ccnc(NC3CC3)n2)c1. The first-order valence-corrected chi connectivity index (χ1v) is 5.77. The fourth-order valence-corrected chi connectivity index (χ4v) is 1.70. The van der Waals surface area contributed by atoms with Crippen molar-refractivity contribution in [2.24, 2.45) is 0 Å². The molecule has 1 aliphatic rings. The number of aromatic nitrogens is 2. The molecule has 0 saturated heterocycles. The molecular weight excluding hydrogens is 236 g/mol. The number of rotatable bonds is 3. The van der Waals surface area contributed by atoms with E-state index in [0.717, 1.165) is 18.9 Å². The summed E-state index contributed by atoms with van der Waals surface area (Å²) in [5.74, 6) is -0.722. The van der Waals surface area contributed by atoms with Gasteiger partial charge in [0.2, 0.25) is 5.95 Å². The van der Waals surface area contributed by atoms with Gasteiger partial charge in [0.05, 0.1) is 5.69 Å². The Balaban J connectivity index is 1.94. The van der Waals surface area contributed by atoms with Gasteiger partial charge in [0.25, 0.3) is 0 Å². The van der Waals surface area contributed by atoms with Gasteiger partial charge in [-0.15, -0.1) is 0 Å². The van der Waals surface area contributed by atoms with E-state index in [-0.39, 0.29) is 0 Å². The molecule has 2 aromatic rings. The molecular formula is C13H11F2N3. The number of nitrogens with zero attached hydrogens (tertiary/aromatic N) is 2. The second-order valence-electron chi connectivity index (χ2n) is 4.34. The van der Waals surface area contributed by atoms with E-state index >= 15 is 0 Å². The molecule has 0 bridgehead atoms. The van der Waals surface area contributed by atoms with Crippen LogP contribution in [0, 0.1) is 11.6 Å². The Morgan fingerprint density at radius 1 is 1.11 bits per heavy atom. The van der Waals surface area contributed by atoms with Crippen molar-refractivity contribution in [3.8, 4) is 11.3 Å². The Morgan fingerprint density at radius 3 is 2.50 bits per heavy atom. The summed E-state index contributed by atoms with van der Waals surface area (Å²) in [4.78, 5) is 8.33. The minimum absolute atomic E-state index is 0.411. The molecule has 0 amide bonds. The quantitative estimate of drug-likeness (QED) is 0.906. The van der Waals surface area contributed by atoms with Crippen molar-refractivity contribution in [1.82, 2.24) is 9.97 Å². The van der Waals surface area contributed by atoms with Crippen molar-refractivity contribution in [2.45, 2.75) is 18.9 Å². The van der Waals surface area contributed by atoms with E-state index in [9.17, 15) is 8.78 Å². The predicted molar refractivity (Wildman–Crippen MR) is 64.0 cm³/mol. The summed E-state index contributed by atoms with van der Waals surface area (Å²) in [7, 11) is 0. The number of hydrogen-bond acceptors (Lipinski definition) is 3. The molecule has 1 fully saturated rings. The van der Waals surface area contributed by atoms with Crippen LogP contribution in [0.15, 0.2) is 30.5 Å². The molecule has 0 atom stereocenters. The smallest absolute Gasteiger partial charge is 0.223 e. The second-order valence-corrected chi connectivity index (χ2v) is 4.34. The highest BCUT2D eigenvalue weighted by molar-refractivity contribution is 5.60. The Labute approximate surface area is 103 Å². The minimum Gasteiger partial charge on any atom is -0.351 e. The average molecular weight is 247 g/mol.